The van der Waals surface area contributed by atoms with Crippen LogP contribution < -0.4 is 5.32 Å². The summed E-state index contributed by atoms with van der Waals surface area (Å²) in [5, 5.41) is 3.41. The maximum atomic E-state index is 13.4. The van der Waals surface area contributed by atoms with E-state index in [1.165, 1.54) is 12.1 Å². The van der Waals surface area contributed by atoms with Crippen LogP contribution in [0.25, 0.3) is 0 Å². The summed E-state index contributed by atoms with van der Waals surface area (Å²) in [5.74, 6) is 0.590. The predicted molar refractivity (Wildman–Crippen MR) is 96.0 cm³/mol. The highest BCUT2D eigenvalue weighted by Crippen LogP contribution is 2.37. The number of nitrogens with zero attached hydrogens (tertiary/aromatic N) is 1. The molecule has 0 bridgehead atoms. The maximum Gasteiger partial charge on any atom is 0.233 e. The van der Waals surface area contributed by atoms with E-state index in [0.717, 1.165) is 44.6 Å². The fourth-order valence-corrected chi connectivity index (χ4v) is 4.11. The third-order valence-electron chi connectivity index (χ3n) is 5.74. The van der Waals surface area contributed by atoms with Gasteiger partial charge in [0.1, 0.15) is 5.82 Å². The molecular formula is C20H29FN2O2. The van der Waals surface area contributed by atoms with E-state index < -0.39 is 5.41 Å². The minimum Gasteiger partial charge on any atom is -0.381 e. The first-order valence-corrected chi connectivity index (χ1v) is 9.49. The summed E-state index contributed by atoms with van der Waals surface area (Å²) < 4.78 is 18.9. The first-order valence-electron chi connectivity index (χ1n) is 9.49. The standard InChI is InChI=1S/C20H29FN2O2/c1-2-22-15-16-7-11-23(12-8-16)19(24)20(9-13-25-14-10-20)17-3-5-18(21)6-4-17/h3-6,16,22H,2,7-15H2,1H3. The smallest absolute Gasteiger partial charge is 0.233 e. The molecule has 0 aromatic heterocycles. The van der Waals surface area contributed by atoms with Gasteiger partial charge in [0.05, 0.1) is 5.41 Å². The van der Waals surface area contributed by atoms with Crippen molar-refractivity contribution in [3.05, 3.63) is 35.6 Å². The van der Waals surface area contributed by atoms with Gasteiger partial charge in [0.15, 0.2) is 0 Å². The molecule has 2 aliphatic rings. The molecule has 0 unspecified atom stereocenters. The quantitative estimate of drug-likeness (QED) is 0.890. The number of amides is 1. The molecule has 4 nitrogen and oxygen atoms in total. The zero-order valence-corrected chi connectivity index (χ0v) is 15.1. The van der Waals surface area contributed by atoms with Gasteiger partial charge in [-0.05, 0) is 62.4 Å². The van der Waals surface area contributed by atoms with E-state index in [4.69, 9.17) is 4.74 Å². The van der Waals surface area contributed by atoms with Gasteiger partial charge in [-0.2, -0.15) is 0 Å². The fourth-order valence-electron chi connectivity index (χ4n) is 4.11. The highest BCUT2D eigenvalue weighted by molar-refractivity contribution is 5.88. The molecule has 25 heavy (non-hydrogen) atoms. The Morgan fingerprint density at radius 2 is 1.88 bits per heavy atom. The molecule has 5 heteroatoms. The topological polar surface area (TPSA) is 41.6 Å². The number of halogens is 1. The number of hydrogen-bond acceptors (Lipinski definition) is 3. The first-order chi connectivity index (χ1) is 12.2. The van der Waals surface area contributed by atoms with Crippen molar-refractivity contribution in [2.24, 2.45) is 5.92 Å². The summed E-state index contributed by atoms with van der Waals surface area (Å²) in [7, 11) is 0. The molecule has 0 radical (unpaired) electrons. The summed E-state index contributed by atoms with van der Waals surface area (Å²) in [5.41, 5.74) is 0.373. The molecule has 0 spiro atoms. The van der Waals surface area contributed by atoms with Crippen LogP contribution in [-0.2, 0) is 14.9 Å². The van der Waals surface area contributed by atoms with Gasteiger partial charge >= 0.3 is 0 Å². The van der Waals surface area contributed by atoms with Crippen LogP contribution in [0.1, 0.15) is 38.2 Å². The van der Waals surface area contributed by atoms with Crippen molar-refractivity contribution in [2.75, 3.05) is 39.4 Å². The normalized spacial score (nSPS) is 21.3. The average Bonchev–Trinajstić information content (AvgIpc) is 2.67. The predicted octanol–water partition coefficient (Wildman–Crippen LogP) is 2.72. The van der Waals surface area contributed by atoms with E-state index in [2.05, 4.69) is 12.2 Å². The zero-order valence-electron chi connectivity index (χ0n) is 15.1. The van der Waals surface area contributed by atoms with Crippen LogP contribution in [0.15, 0.2) is 24.3 Å². The third-order valence-corrected chi connectivity index (χ3v) is 5.74. The van der Waals surface area contributed by atoms with Crippen molar-refractivity contribution < 1.29 is 13.9 Å². The summed E-state index contributed by atoms with van der Waals surface area (Å²) in [6.07, 6.45) is 3.45. The number of benzene rings is 1. The minimum atomic E-state index is -0.555. The number of rotatable bonds is 5. The molecule has 2 heterocycles. The highest BCUT2D eigenvalue weighted by Gasteiger charge is 2.44. The number of piperidine rings is 1. The van der Waals surface area contributed by atoms with Crippen LogP contribution >= 0.6 is 0 Å². The van der Waals surface area contributed by atoms with Gasteiger partial charge in [0.2, 0.25) is 5.91 Å². The lowest BCUT2D eigenvalue weighted by atomic mass is 9.72. The van der Waals surface area contributed by atoms with Crippen LogP contribution in [0.3, 0.4) is 0 Å². The average molecular weight is 348 g/mol. The van der Waals surface area contributed by atoms with E-state index in [1.807, 2.05) is 4.90 Å². The van der Waals surface area contributed by atoms with Crippen molar-refractivity contribution in [3.8, 4) is 0 Å². The Balaban J connectivity index is 1.73. The van der Waals surface area contributed by atoms with Gasteiger partial charge in [0.25, 0.3) is 0 Å². The van der Waals surface area contributed by atoms with E-state index in [0.29, 0.717) is 32.0 Å². The Bertz CT molecular complexity index is 562. The molecular weight excluding hydrogens is 319 g/mol. The van der Waals surface area contributed by atoms with Crippen molar-refractivity contribution in [2.45, 2.75) is 38.0 Å². The lowest BCUT2D eigenvalue weighted by Gasteiger charge is -2.42. The Kier molecular flexibility index (Phi) is 6.07. The molecule has 0 atom stereocenters. The molecule has 1 N–H and O–H groups in total. The van der Waals surface area contributed by atoms with Gasteiger partial charge in [-0.25, -0.2) is 4.39 Å². The van der Waals surface area contributed by atoms with Crippen molar-refractivity contribution in [1.29, 1.82) is 0 Å². The SMILES string of the molecule is CCNCC1CCN(C(=O)C2(c3ccc(F)cc3)CCOCC2)CC1. The van der Waals surface area contributed by atoms with Gasteiger partial charge in [0, 0.05) is 26.3 Å². The van der Waals surface area contributed by atoms with Gasteiger partial charge in [-0.1, -0.05) is 19.1 Å². The molecule has 1 aromatic rings. The molecule has 2 fully saturated rings. The zero-order chi connectivity index (χ0) is 17.7. The fraction of sp³-hybridized carbons (Fsp3) is 0.650. The van der Waals surface area contributed by atoms with Gasteiger partial charge in [-0.15, -0.1) is 0 Å². The molecule has 0 saturated carbocycles. The Labute approximate surface area is 149 Å². The minimum absolute atomic E-state index is 0.198. The number of ether oxygens (including phenoxy) is 1. The second-order valence-corrected chi connectivity index (χ2v) is 7.24. The monoisotopic (exact) mass is 348 g/mol. The van der Waals surface area contributed by atoms with Crippen LogP contribution in [0.5, 0.6) is 0 Å². The second kappa shape index (κ2) is 8.28. The highest BCUT2D eigenvalue weighted by atomic mass is 19.1. The molecule has 1 aromatic carbocycles. The summed E-state index contributed by atoms with van der Waals surface area (Å²) in [6.45, 7) is 6.95. The number of hydrogen-bond donors (Lipinski definition) is 1. The first kappa shape index (κ1) is 18.3. The molecule has 138 valence electrons. The van der Waals surface area contributed by atoms with Crippen molar-refractivity contribution in [1.82, 2.24) is 10.2 Å². The molecule has 2 aliphatic heterocycles. The third kappa shape index (κ3) is 4.04. The maximum absolute atomic E-state index is 13.4. The Morgan fingerprint density at radius 3 is 2.48 bits per heavy atom. The summed E-state index contributed by atoms with van der Waals surface area (Å²) in [4.78, 5) is 15.5. The second-order valence-electron chi connectivity index (χ2n) is 7.24. The Hall–Kier alpha value is -1.46. The van der Waals surface area contributed by atoms with Crippen LogP contribution in [0, 0.1) is 11.7 Å². The van der Waals surface area contributed by atoms with E-state index in [-0.39, 0.29) is 11.7 Å². The molecule has 0 aliphatic carbocycles. The lowest BCUT2D eigenvalue weighted by Crippen LogP contribution is -2.52. The van der Waals surface area contributed by atoms with E-state index in [9.17, 15) is 9.18 Å². The molecule has 1 amide bonds. The number of carbonyl (C=O) groups excluding carboxylic acids is 1. The number of carbonyl (C=O) groups is 1. The molecule has 2 saturated heterocycles. The number of likely N-dealkylation sites (tertiary alicyclic amines) is 1. The molecule has 3 rings (SSSR count). The number of nitrogens with one attached hydrogen (secondary N) is 1. The van der Waals surface area contributed by atoms with Gasteiger partial charge in [-0.3, -0.25) is 4.79 Å². The summed E-state index contributed by atoms with van der Waals surface area (Å²) in [6, 6.07) is 6.47. The van der Waals surface area contributed by atoms with Crippen molar-refractivity contribution >= 4 is 5.91 Å². The van der Waals surface area contributed by atoms with E-state index in [1.54, 1.807) is 12.1 Å². The largest absolute Gasteiger partial charge is 0.381 e. The Morgan fingerprint density at radius 1 is 1.24 bits per heavy atom. The van der Waals surface area contributed by atoms with Gasteiger partial charge < -0.3 is 15.0 Å². The van der Waals surface area contributed by atoms with E-state index >= 15 is 0 Å². The van der Waals surface area contributed by atoms with Crippen LogP contribution in [0.4, 0.5) is 4.39 Å². The lowest BCUT2D eigenvalue weighted by molar-refractivity contribution is -0.142. The van der Waals surface area contributed by atoms with Crippen molar-refractivity contribution in [3.63, 3.8) is 0 Å². The summed E-state index contributed by atoms with van der Waals surface area (Å²) >= 11 is 0. The van der Waals surface area contributed by atoms with Crippen LogP contribution in [-0.4, -0.2) is 50.2 Å². The van der Waals surface area contributed by atoms with Crippen LogP contribution in [0.2, 0.25) is 0 Å².